The maximum Gasteiger partial charge on any atom is 0.267 e. The van der Waals surface area contributed by atoms with Gasteiger partial charge in [0.2, 0.25) is 17.7 Å². The molecule has 4 rings (SSSR count). The topological polar surface area (TPSA) is 135 Å². The number of pyridine rings is 1. The first kappa shape index (κ1) is 18.0. The van der Waals surface area contributed by atoms with E-state index >= 15 is 0 Å². The van der Waals surface area contributed by atoms with Crippen molar-refractivity contribution < 1.29 is 14.3 Å². The number of anilines is 2. The maximum atomic E-state index is 11.8. The molecule has 0 aromatic carbocycles. The van der Waals surface area contributed by atoms with Crippen LogP contribution in [0.5, 0.6) is 5.88 Å². The van der Waals surface area contributed by atoms with Gasteiger partial charge >= 0.3 is 0 Å². The highest BCUT2D eigenvalue weighted by Gasteiger charge is 2.32. The third-order valence-electron chi connectivity index (χ3n) is 4.64. The Morgan fingerprint density at radius 3 is 2.82 bits per heavy atom. The summed E-state index contributed by atoms with van der Waals surface area (Å²) < 4.78 is 5.82. The molecule has 2 saturated heterocycles. The molecule has 2 fully saturated rings. The lowest BCUT2D eigenvalue weighted by atomic mass is 10.2. The molecule has 2 aliphatic heterocycles. The molecule has 0 bridgehead atoms. The minimum Gasteiger partial charge on any atom is -0.471 e. The first-order valence-electron chi connectivity index (χ1n) is 9.05. The van der Waals surface area contributed by atoms with Crippen LogP contribution in [0.2, 0.25) is 0 Å². The molecule has 0 saturated carbocycles. The second-order valence-corrected chi connectivity index (χ2v) is 6.90. The van der Waals surface area contributed by atoms with Gasteiger partial charge in [-0.05, 0) is 18.9 Å². The highest BCUT2D eigenvalue weighted by Crippen LogP contribution is 2.23. The van der Waals surface area contributed by atoms with E-state index in [1.165, 1.54) is 6.07 Å². The zero-order valence-corrected chi connectivity index (χ0v) is 15.4. The number of aromatic nitrogens is 3. The lowest BCUT2D eigenvalue weighted by Gasteiger charge is -2.38. The quantitative estimate of drug-likeness (QED) is 0.627. The molecule has 28 heavy (non-hydrogen) atoms. The predicted molar refractivity (Wildman–Crippen MR) is 101 cm³/mol. The first-order valence-corrected chi connectivity index (χ1v) is 9.05. The van der Waals surface area contributed by atoms with Gasteiger partial charge in [0, 0.05) is 24.9 Å². The summed E-state index contributed by atoms with van der Waals surface area (Å²) in [4.78, 5) is 38.2. The molecule has 2 amide bonds. The third kappa shape index (κ3) is 3.80. The Morgan fingerprint density at radius 1 is 1.36 bits per heavy atom. The minimum atomic E-state index is -0.653. The van der Waals surface area contributed by atoms with Crippen LogP contribution in [-0.2, 0) is 4.79 Å². The summed E-state index contributed by atoms with van der Waals surface area (Å²) in [7, 11) is 0. The largest absolute Gasteiger partial charge is 0.471 e. The number of rotatable bonds is 6. The third-order valence-corrected chi connectivity index (χ3v) is 4.64. The van der Waals surface area contributed by atoms with Gasteiger partial charge in [-0.3, -0.25) is 9.59 Å². The standard InChI is InChI=1S/C18H21N7O3/c1-10-2-3-15(21-7-10)28-11-8-25(9-11)18-23-13(16(19)26)6-14(24-18)22-12-4-5-20-17(12)27/h2-3,6-7,11-12H,4-5,8-9H2,1H3,(H2,19,26)(H,20,27)(H,22,23,24). The average Bonchev–Trinajstić information content (AvgIpc) is 3.03. The van der Waals surface area contributed by atoms with E-state index in [-0.39, 0.29) is 23.7 Å². The molecule has 0 aliphatic carbocycles. The van der Waals surface area contributed by atoms with E-state index in [9.17, 15) is 9.59 Å². The van der Waals surface area contributed by atoms with Crippen LogP contribution in [-0.4, -0.2) is 58.5 Å². The number of hydrogen-bond donors (Lipinski definition) is 3. The van der Waals surface area contributed by atoms with Crippen molar-refractivity contribution in [3.05, 3.63) is 35.7 Å². The molecule has 0 radical (unpaired) electrons. The number of primary amides is 1. The van der Waals surface area contributed by atoms with Gasteiger partial charge in [-0.25, -0.2) is 9.97 Å². The van der Waals surface area contributed by atoms with Crippen LogP contribution in [0.4, 0.5) is 11.8 Å². The van der Waals surface area contributed by atoms with Gasteiger partial charge in [-0.15, -0.1) is 0 Å². The van der Waals surface area contributed by atoms with Gasteiger partial charge < -0.3 is 26.0 Å². The Morgan fingerprint density at radius 2 is 2.18 bits per heavy atom. The molecule has 10 heteroatoms. The Hall–Kier alpha value is -3.43. The van der Waals surface area contributed by atoms with E-state index in [2.05, 4.69) is 25.6 Å². The molecule has 0 spiro atoms. The van der Waals surface area contributed by atoms with Crippen LogP contribution in [0.1, 0.15) is 22.5 Å². The highest BCUT2D eigenvalue weighted by molar-refractivity contribution is 5.92. The number of carbonyl (C=O) groups is 2. The summed E-state index contributed by atoms with van der Waals surface area (Å²) in [5, 5.41) is 5.80. The average molecular weight is 383 g/mol. The fourth-order valence-corrected chi connectivity index (χ4v) is 3.06. The van der Waals surface area contributed by atoms with E-state index < -0.39 is 5.91 Å². The summed E-state index contributed by atoms with van der Waals surface area (Å²) in [5.74, 6) is 0.583. The number of nitrogens with one attached hydrogen (secondary N) is 2. The zero-order chi connectivity index (χ0) is 19.7. The summed E-state index contributed by atoms with van der Waals surface area (Å²) in [6, 6.07) is 4.84. The zero-order valence-electron chi connectivity index (χ0n) is 15.4. The Bertz CT molecular complexity index is 897. The van der Waals surface area contributed by atoms with Crippen LogP contribution in [0.3, 0.4) is 0 Å². The number of ether oxygens (including phenoxy) is 1. The summed E-state index contributed by atoms with van der Waals surface area (Å²) >= 11 is 0. The number of aryl methyl sites for hydroxylation is 1. The Kier molecular flexibility index (Phi) is 4.68. The minimum absolute atomic E-state index is 0.0481. The molecular weight excluding hydrogens is 362 g/mol. The molecule has 1 unspecified atom stereocenters. The van der Waals surface area contributed by atoms with E-state index in [0.29, 0.717) is 43.7 Å². The molecule has 4 heterocycles. The smallest absolute Gasteiger partial charge is 0.267 e. The van der Waals surface area contributed by atoms with Crippen molar-refractivity contribution >= 4 is 23.6 Å². The van der Waals surface area contributed by atoms with Crippen molar-refractivity contribution in [2.24, 2.45) is 5.73 Å². The number of hydrogen-bond acceptors (Lipinski definition) is 8. The second-order valence-electron chi connectivity index (χ2n) is 6.90. The molecule has 1 atom stereocenters. The van der Waals surface area contributed by atoms with Crippen molar-refractivity contribution in [2.75, 3.05) is 29.9 Å². The van der Waals surface area contributed by atoms with Crippen molar-refractivity contribution in [1.82, 2.24) is 20.3 Å². The van der Waals surface area contributed by atoms with E-state index in [1.807, 2.05) is 24.0 Å². The van der Waals surface area contributed by atoms with Crippen LogP contribution in [0.25, 0.3) is 0 Å². The molecule has 10 nitrogen and oxygen atoms in total. The van der Waals surface area contributed by atoms with Gasteiger partial charge in [-0.2, -0.15) is 4.98 Å². The number of nitrogens with zero attached hydrogens (tertiary/aromatic N) is 4. The Balaban J connectivity index is 1.44. The van der Waals surface area contributed by atoms with Crippen LogP contribution >= 0.6 is 0 Å². The fourth-order valence-electron chi connectivity index (χ4n) is 3.06. The summed E-state index contributed by atoms with van der Waals surface area (Å²) in [5.41, 5.74) is 6.56. The van der Waals surface area contributed by atoms with Gasteiger partial charge in [0.1, 0.15) is 23.7 Å². The normalized spacial score (nSPS) is 19.1. The predicted octanol–water partition coefficient (Wildman–Crippen LogP) is -0.153. The van der Waals surface area contributed by atoms with Crippen LogP contribution in [0, 0.1) is 6.92 Å². The van der Waals surface area contributed by atoms with Crippen molar-refractivity contribution in [3.8, 4) is 5.88 Å². The summed E-state index contributed by atoms with van der Waals surface area (Å²) in [6.45, 7) is 3.68. The van der Waals surface area contributed by atoms with Gasteiger partial charge in [0.25, 0.3) is 5.91 Å². The Labute approximate surface area is 161 Å². The second kappa shape index (κ2) is 7.29. The molecule has 2 aliphatic rings. The van der Waals surface area contributed by atoms with Crippen molar-refractivity contribution in [3.63, 3.8) is 0 Å². The highest BCUT2D eigenvalue weighted by atomic mass is 16.5. The van der Waals surface area contributed by atoms with Crippen LogP contribution in [0.15, 0.2) is 24.4 Å². The van der Waals surface area contributed by atoms with Gasteiger partial charge in [-0.1, -0.05) is 6.07 Å². The lowest BCUT2D eigenvalue weighted by molar-refractivity contribution is -0.119. The van der Waals surface area contributed by atoms with E-state index in [4.69, 9.17) is 10.5 Å². The van der Waals surface area contributed by atoms with Crippen molar-refractivity contribution in [1.29, 1.82) is 0 Å². The van der Waals surface area contributed by atoms with Crippen LogP contribution < -0.4 is 26.0 Å². The SMILES string of the molecule is Cc1ccc(OC2CN(c3nc(NC4CCNC4=O)cc(C(N)=O)n3)C2)nc1. The number of carbonyl (C=O) groups excluding carboxylic acids is 2. The molecule has 2 aromatic rings. The summed E-state index contributed by atoms with van der Waals surface area (Å²) in [6.07, 6.45) is 2.35. The number of amides is 2. The van der Waals surface area contributed by atoms with Crippen molar-refractivity contribution in [2.45, 2.75) is 25.5 Å². The lowest BCUT2D eigenvalue weighted by Crippen LogP contribution is -2.54. The monoisotopic (exact) mass is 383 g/mol. The van der Waals surface area contributed by atoms with Gasteiger partial charge in [0.05, 0.1) is 13.1 Å². The maximum absolute atomic E-state index is 11.8. The first-order chi connectivity index (χ1) is 13.5. The van der Waals surface area contributed by atoms with E-state index in [1.54, 1.807) is 6.20 Å². The molecule has 2 aromatic heterocycles. The molecule has 146 valence electrons. The van der Waals surface area contributed by atoms with E-state index in [0.717, 1.165) is 5.56 Å². The fraction of sp³-hybridized carbons (Fsp3) is 0.389. The molecular formula is C18H21N7O3. The number of nitrogens with two attached hydrogens (primary N) is 1. The molecule has 4 N–H and O–H groups in total. The van der Waals surface area contributed by atoms with Gasteiger partial charge in [0.15, 0.2) is 0 Å².